The average molecular weight is 184 g/mol. The summed E-state index contributed by atoms with van der Waals surface area (Å²) in [5, 5.41) is 9.31. The van der Waals surface area contributed by atoms with Crippen LogP contribution in [-0.4, -0.2) is 6.26 Å². The Kier molecular flexibility index (Phi) is 2.81. The lowest BCUT2D eigenvalue weighted by atomic mass is 10.2. The summed E-state index contributed by atoms with van der Waals surface area (Å²) in [6.45, 7) is 0. The first-order valence-corrected chi connectivity index (χ1v) is 4.62. The third-order valence-corrected chi connectivity index (χ3v) is 2.30. The predicted octanol–water partition coefficient (Wildman–Crippen LogP) is 2.93. The summed E-state index contributed by atoms with van der Waals surface area (Å²) >= 11 is 7.26. The third kappa shape index (κ3) is 1.89. The number of nitrogens with zero attached hydrogens (tertiary/aromatic N) is 1. The highest BCUT2D eigenvalue weighted by molar-refractivity contribution is 7.98. The van der Waals surface area contributed by atoms with Gasteiger partial charge < -0.3 is 0 Å². The zero-order valence-electron chi connectivity index (χ0n) is 5.97. The lowest BCUT2D eigenvalue weighted by molar-refractivity contribution is 1.37. The van der Waals surface area contributed by atoms with Gasteiger partial charge in [-0.05, 0) is 24.5 Å². The van der Waals surface area contributed by atoms with Crippen LogP contribution in [0.3, 0.4) is 0 Å². The maximum absolute atomic E-state index is 8.63. The van der Waals surface area contributed by atoms with E-state index in [0.717, 1.165) is 4.90 Å². The van der Waals surface area contributed by atoms with Crippen molar-refractivity contribution in [2.45, 2.75) is 4.90 Å². The van der Waals surface area contributed by atoms with Gasteiger partial charge in [-0.1, -0.05) is 11.6 Å². The van der Waals surface area contributed by atoms with E-state index in [2.05, 4.69) is 6.07 Å². The number of thioether (sulfide) groups is 1. The first-order valence-electron chi connectivity index (χ1n) is 3.01. The first-order chi connectivity index (χ1) is 5.27. The molecule has 11 heavy (non-hydrogen) atoms. The molecular formula is C8H6ClNS. The quantitative estimate of drug-likeness (QED) is 0.626. The van der Waals surface area contributed by atoms with Gasteiger partial charge in [0.25, 0.3) is 0 Å². The van der Waals surface area contributed by atoms with Gasteiger partial charge >= 0.3 is 0 Å². The summed E-state index contributed by atoms with van der Waals surface area (Å²) in [5.41, 5.74) is 0.682. The molecular weight excluding hydrogens is 178 g/mol. The Morgan fingerprint density at radius 1 is 1.55 bits per heavy atom. The van der Waals surface area contributed by atoms with Gasteiger partial charge in [-0.2, -0.15) is 5.26 Å². The van der Waals surface area contributed by atoms with E-state index in [9.17, 15) is 0 Å². The minimum Gasteiger partial charge on any atom is -0.192 e. The van der Waals surface area contributed by atoms with Crippen LogP contribution in [0.5, 0.6) is 0 Å². The molecule has 1 nitrogen and oxygen atoms in total. The Morgan fingerprint density at radius 3 is 2.82 bits per heavy atom. The number of rotatable bonds is 1. The summed E-state index contributed by atoms with van der Waals surface area (Å²) in [4.78, 5) is 0.931. The monoisotopic (exact) mass is 183 g/mol. The minimum absolute atomic E-state index is 0.674. The minimum atomic E-state index is 0.674. The molecule has 0 aromatic heterocycles. The van der Waals surface area contributed by atoms with E-state index in [1.54, 1.807) is 18.2 Å². The van der Waals surface area contributed by atoms with Crippen molar-refractivity contribution in [1.29, 1.82) is 5.26 Å². The molecule has 0 aliphatic heterocycles. The van der Waals surface area contributed by atoms with E-state index in [4.69, 9.17) is 16.9 Å². The maximum Gasteiger partial charge on any atom is 0.100 e. The van der Waals surface area contributed by atoms with Crippen molar-refractivity contribution in [3.8, 4) is 6.07 Å². The van der Waals surface area contributed by atoms with Gasteiger partial charge in [-0.3, -0.25) is 0 Å². The van der Waals surface area contributed by atoms with Crippen molar-refractivity contribution in [1.82, 2.24) is 0 Å². The number of nitriles is 1. The van der Waals surface area contributed by atoms with Gasteiger partial charge in [-0.15, -0.1) is 11.8 Å². The zero-order valence-corrected chi connectivity index (χ0v) is 7.54. The molecule has 0 bridgehead atoms. The van der Waals surface area contributed by atoms with Crippen LogP contribution in [0.15, 0.2) is 23.1 Å². The van der Waals surface area contributed by atoms with Crippen molar-refractivity contribution in [3.63, 3.8) is 0 Å². The highest BCUT2D eigenvalue weighted by Gasteiger charge is 1.99. The number of benzene rings is 1. The van der Waals surface area contributed by atoms with Gasteiger partial charge in [0.1, 0.15) is 6.07 Å². The van der Waals surface area contributed by atoms with E-state index >= 15 is 0 Å². The Hall–Kier alpha value is -0.650. The van der Waals surface area contributed by atoms with Crippen LogP contribution in [0.1, 0.15) is 5.56 Å². The first kappa shape index (κ1) is 8.45. The van der Waals surface area contributed by atoms with Crippen LogP contribution in [0.4, 0.5) is 0 Å². The van der Waals surface area contributed by atoms with Gasteiger partial charge in [0.15, 0.2) is 0 Å². The van der Waals surface area contributed by atoms with Crippen molar-refractivity contribution in [2.75, 3.05) is 6.26 Å². The van der Waals surface area contributed by atoms with E-state index in [1.165, 1.54) is 11.8 Å². The highest BCUT2D eigenvalue weighted by atomic mass is 35.5. The van der Waals surface area contributed by atoms with Crippen molar-refractivity contribution in [2.24, 2.45) is 0 Å². The highest BCUT2D eigenvalue weighted by Crippen LogP contribution is 2.23. The molecule has 0 unspecified atom stereocenters. The van der Waals surface area contributed by atoms with Crippen LogP contribution < -0.4 is 0 Å². The Balaban J connectivity index is 3.19. The summed E-state index contributed by atoms with van der Waals surface area (Å²) < 4.78 is 0. The molecule has 0 fully saturated rings. The lowest BCUT2D eigenvalue weighted by Gasteiger charge is -1.98. The topological polar surface area (TPSA) is 23.8 Å². The molecule has 1 aromatic carbocycles. The smallest absolute Gasteiger partial charge is 0.100 e. The molecule has 0 amide bonds. The molecule has 0 saturated heterocycles. The van der Waals surface area contributed by atoms with E-state index in [0.29, 0.717) is 10.6 Å². The maximum atomic E-state index is 8.63. The van der Waals surface area contributed by atoms with Gasteiger partial charge in [0.05, 0.1) is 5.56 Å². The number of hydrogen-bond acceptors (Lipinski definition) is 2. The van der Waals surface area contributed by atoms with E-state index in [1.807, 2.05) is 6.26 Å². The summed E-state index contributed by atoms with van der Waals surface area (Å²) in [5.74, 6) is 0. The predicted molar refractivity (Wildman–Crippen MR) is 47.9 cm³/mol. The molecule has 1 rings (SSSR count). The SMILES string of the molecule is CSc1cc(Cl)ccc1C#N. The summed E-state index contributed by atoms with van der Waals surface area (Å²) in [6, 6.07) is 7.34. The molecule has 0 radical (unpaired) electrons. The molecule has 0 heterocycles. The molecule has 0 aliphatic rings. The van der Waals surface area contributed by atoms with Crippen LogP contribution in [0.25, 0.3) is 0 Å². The fraction of sp³-hybridized carbons (Fsp3) is 0.125. The number of halogens is 1. The van der Waals surface area contributed by atoms with Crippen LogP contribution in [0.2, 0.25) is 5.02 Å². The van der Waals surface area contributed by atoms with Gasteiger partial charge in [0, 0.05) is 9.92 Å². The van der Waals surface area contributed by atoms with Gasteiger partial charge in [-0.25, -0.2) is 0 Å². The molecule has 0 N–H and O–H groups in total. The second kappa shape index (κ2) is 3.66. The molecule has 0 spiro atoms. The second-order valence-electron chi connectivity index (χ2n) is 1.96. The average Bonchev–Trinajstić information content (AvgIpc) is 2.04. The van der Waals surface area contributed by atoms with Crippen LogP contribution >= 0.6 is 23.4 Å². The number of hydrogen-bond donors (Lipinski definition) is 0. The Morgan fingerprint density at radius 2 is 2.27 bits per heavy atom. The molecule has 56 valence electrons. The van der Waals surface area contributed by atoms with Gasteiger partial charge in [0.2, 0.25) is 0 Å². The molecule has 1 aromatic rings. The lowest BCUT2D eigenvalue weighted by Crippen LogP contribution is -1.78. The largest absolute Gasteiger partial charge is 0.192 e. The molecule has 0 saturated carbocycles. The summed E-state index contributed by atoms with van der Waals surface area (Å²) in [7, 11) is 0. The Labute approximate surface area is 75.0 Å². The third-order valence-electron chi connectivity index (χ3n) is 1.28. The fourth-order valence-electron chi connectivity index (χ4n) is 0.757. The normalized spacial score (nSPS) is 9.18. The van der Waals surface area contributed by atoms with Crippen molar-refractivity contribution < 1.29 is 0 Å². The molecule has 0 aliphatic carbocycles. The van der Waals surface area contributed by atoms with Crippen LogP contribution in [-0.2, 0) is 0 Å². The van der Waals surface area contributed by atoms with Crippen molar-refractivity contribution in [3.05, 3.63) is 28.8 Å². The summed E-state index contributed by atoms with van der Waals surface area (Å²) in [6.07, 6.45) is 1.92. The van der Waals surface area contributed by atoms with E-state index in [-0.39, 0.29) is 0 Å². The standard InChI is InChI=1S/C8H6ClNS/c1-11-8-4-7(9)3-2-6(8)5-10/h2-4H,1H3. The van der Waals surface area contributed by atoms with E-state index < -0.39 is 0 Å². The Bertz CT molecular complexity index is 303. The van der Waals surface area contributed by atoms with Crippen molar-refractivity contribution >= 4 is 23.4 Å². The molecule has 0 atom stereocenters. The fourth-order valence-corrected chi connectivity index (χ4v) is 1.57. The molecule has 3 heteroatoms. The second-order valence-corrected chi connectivity index (χ2v) is 3.24. The van der Waals surface area contributed by atoms with Crippen LogP contribution in [0, 0.1) is 11.3 Å². The zero-order chi connectivity index (χ0) is 8.27.